The predicted octanol–water partition coefficient (Wildman–Crippen LogP) is 2.63. The molecule has 0 aromatic carbocycles. The van der Waals surface area contributed by atoms with Crippen LogP contribution in [0.4, 0.5) is 0 Å². The first-order valence-electron chi connectivity index (χ1n) is 6.68. The molecule has 1 saturated carbocycles. The largest absolute Gasteiger partial charge is 0.327 e. The van der Waals surface area contributed by atoms with E-state index in [9.17, 15) is 0 Å². The van der Waals surface area contributed by atoms with Gasteiger partial charge in [0.15, 0.2) is 0 Å². The molecule has 0 aromatic heterocycles. The van der Waals surface area contributed by atoms with Crippen LogP contribution in [0.25, 0.3) is 0 Å². The average molecular weight is 212 g/mol. The van der Waals surface area contributed by atoms with E-state index in [1.807, 2.05) is 0 Å². The number of hydrogen-bond acceptors (Lipinski definition) is 2. The van der Waals surface area contributed by atoms with E-state index in [1.54, 1.807) is 0 Å². The van der Waals surface area contributed by atoms with Crippen LogP contribution in [-0.2, 0) is 0 Å². The van der Waals surface area contributed by atoms with Gasteiger partial charge in [0.1, 0.15) is 0 Å². The molecule has 0 heterocycles. The summed E-state index contributed by atoms with van der Waals surface area (Å²) in [4.78, 5) is 2.47. The molecule has 0 aliphatic heterocycles. The molecule has 1 aliphatic rings. The number of nitrogens with two attached hydrogens (primary N) is 1. The maximum absolute atomic E-state index is 6.07. The van der Waals surface area contributed by atoms with Gasteiger partial charge in [-0.05, 0) is 51.7 Å². The van der Waals surface area contributed by atoms with Crippen molar-refractivity contribution in [2.75, 3.05) is 20.1 Å². The number of rotatable bonds is 7. The van der Waals surface area contributed by atoms with E-state index in [0.717, 1.165) is 5.92 Å². The fourth-order valence-corrected chi connectivity index (χ4v) is 2.55. The van der Waals surface area contributed by atoms with Crippen LogP contribution in [0.2, 0.25) is 0 Å². The summed E-state index contributed by atoms with van der Waals surface area (Å²) in [7, 11) is 2.25. The standard InChI is InChI=1S/C13H28N2/c1-3-4-5-10-15(2)11-9-12-7-6-8-13(12)14/h12-13H,3-11,14H2,1-2H3. The minimum absolute atomic E-state index is 0.494. The second-order valence-corrected chi connectivity index (χ2v) is 5.15. The lowest BCUT2D eigenvalue weighted by molar-refractivity contribution is 0.287. The second-order valence-electron chi connectivity index (χ2n) is 5.15. The van der Waals surface area contributed by atoms with Crippen molar-refractivity contribution in [2.45, 2.75) is 57.9 Å². The average Bonchev–Trinajstić information content (AvgIpc) is 2.61. The third kappa shape index (κ3) is 4.98. The van der Waals surface area contributed by atoms with Crippen molar-refractivity contribution in [2.24, 2.45) is 11.7 Å². The van der Waals surface area contributed by atoms with Crippen molar-refractivity contribution in [1.82, 2.24) is 4.90 Å². The Balaban J connectivity index is 2.03. The van der Waals surface area contributed by atoms with Crippen LogP contribution < -0.4 is 5.73 Å². The van der Waals surface area contributed by atoms with E-state index in [1.165, 1.54) is 58.0 Å². The lowest BCUT2D eigenvalue weighted by atomic mass is 10.00. The van der Waals surface area contributed by atoms with Gasteiger partial charge in [-0.3, -0.25) is 0 Å². The first-order chi connectivity index (χ1) is 7.24. The van der Waals surface area contributed by atoms with Gasteiger partial charge in [0.2, 0.25) is 0 Å². The Hall–Kier alpha value is -0.0800. The van der Waals surface area contributed by atoms with Crippen molar-refractivity contribution in [1.29, 1.82) is 0 Å². The molecule has 2 heteroatoms. The molecule has 1 fully saturated rings. The first kappa shape index (κ1) is 13.0. The predicted molar refractivity (Wildman–Crippen MR) is 67.0 cm³/mol. The molecule has 0 amide bonds. The number of nitrogens with zero attached hydrogens (tertiary/aromatic N) is 1. The van der Waals surface area contributed by atoms with E-state index in [2.05, 4.69) is 18.9 Å². The highest BCUT2D eigenvalue weighted by molar-refractivity contribution is 4.80. The van der Waals surface area contributed by atoms with Crippen molar-refractivity contribution >= 4 is 0 Å². The summed E-state index contributed by atoms with van der Waals surface area (Å²) in [6, 6.07) is 0.494. The van der Waals surface area contributed by atoms with Gasteiger partial charge in [-0.15, -0.1) is 0 Å². The quantitative estimate of drug-likeness (QED) is 0.657. The van der Waals surface area contributed by atoms with Gasteiger partial charge in [0.05, 0.1) is 0 Å². The Bertz CT molecular complexity index is 159. The van der Waals surface area contributed by atoms with Gasteiger partial charge in [-0.1, -0.05) is 26.2 Å². The van der Waals surface area contributed by atoms with Gasteiger partial charge in [-0.2, -0.15) is 0 Å². The molecule has 2 N–H and O–H groups in total. The lowest BCUT2D eigenvalue weighted by Crippen LogP contribution is -2.29. The summed E-state index contributed by atoms with van der Waals surface area (Å²) < 4.78 is 0. The van der Waals surface area contributed by atoms with Crippen LogP contribution in [0.15, 0.2) is 0 Å². The van der Waals surface area contributed by atoms with Crippen LogP contribution >= 0.6 is 0 Å². The minimum atomic E-state index is 0.494. The smallest absolute Gasteiger partial charge is 0.00676 e. The zero-order valence-electron chi connectivity index (χ0n) is 10.5. The molecule has 1 rings (SSSR count). The Morgan fingerprint density at radius 1 is 1.20 bits per heavy atom. The van der Waals surface area contributed by atoms with Crippen LogP contribution in [0, 0.1) is 5.92 Å². The molecule has 0 spiro atoms. The summed E-state index contributed by atoms with van der Waals surface area (Å²) in [5.41, 5.74) is 6.07. The van der Waals surface area contributed by atoms with E-state index >= 15 is 0 Å². The van der Waals surface area contributed by atoms with Crippen molar-refractivity contribution in [3.63, 3.8) is 0 Å². The molecule has 2 atom stereocenters. The highest BCUT2D eigenvalue weighted by atomic mass is 15.1. The fourth-order valence-electron chi connectivity index (χ4n) is 2.55. The third-order valence-corrected chi connectivity index (χ3v) is 3.74. The summed E-state index contributed by atoms with van der Waals surface area (Å²) in [5.74, 6) is 0.804. The summed E-state index contributed by atoms with van der Waals surface area (Å²) in [6.45, 7) is 4.76. The van der Waals surface area contributed by atoms with Crippen molar-refractivity contribution < 1.29 is 0 Å². The van der Waals surface area contributed by atoms with Crippen molar-refractivity contribution in [3.05, 3.63) is 0 Å². The second kappa shape index (κ2) is 7.24. The first-order valence-corrected chi connectivity index (χ1v) is 6.68. The lowest BCUT2D eigenvalue weighted by Gasteiger charge is -2.21. The van der Waals surface area contributed by atoms with Gasteiger partial charge >= 0.3 is 0 Å². The normalized spacial score (nSPS) is 26.4. The Kier molecular flexibility index (Phi) is 6.26. The molecule has 0 aromatic rings. The Morgan fingerprint density at radius 2 is 2.00 bits per heavy atom. The van der Waals surface area contributed by atoms with Gasteiger partial charge in [-0.25, -0.2) is 0 Å². The maximum atomic E-state index is 6.07. The van der Waals surface area contributed by atoms with Gasteiger partial charge in [0, 0.05) is 6.04 Å². The topological polar surface area (TPSA) is 29.3 Å². The van der Waals surface area contributed by atoms with Gasteiger partial charge < -0.3 is 10.6 Å². The highest BCUT2D eigenvalue weighted by Crippen LogP contribution is 2.26. The molecular weight excluding hydrogens is 184 g/mol. The number of hydrogen-bond donors (Lipinski definition) is 1. The SMILES string of the molecule is CCCCCN(C)CCC1CCCC1N. The minimum Gasteiger partial charge on any atom is -0.327 e. The van der Waals surface area contributed by atoms with Crippen LogP contribution in [0.5, 0.6) is 0 Å². The van der Waals surface area contributed by atoms with Crippen LogP contribution in [0.3, 0.4) is 0 Å². The van der Waals surface area contributed by atoms with E-state index in [4.69, 9.17) is 5.73 Å². The van der Waals surface area contributed by atoms with E-state index < -0.39 is 0 Å². The van der Waals surface area contributed by atoms with Gasteiger partial charge in [0.25, 0.3) is 0 Å². The maximum Gasteiger partial charge on any atom is 0.00676 e. The van der Waals surface area contributed by atoms with E-state index in [-0.39, 0.29) is 0 Å². The molecule has 1 aliphatic carbocycles. The zero-order chi connectivity index (χ0) is 11.1. The third-order valence-electron chi connectivity index (χ3n) is 3.74. The Morgan fingerprint density at radius 3 is 2.60 bits per heavy atom. The molecule has 90 valence electrons. The van der Waals surface area contributed by atoms with E-state index in [0.29, 0.717) is 6.04 Å². The summed E-state index contributed by atoms with van der Waals surface area (Å²) in [5, 5.41) is 0. The molecule has 0 bridgehead atoms. The monoisotopic (exact) mass is 212 g/mol. The molecule has 0 saturated heterocycles. The Labute approximate surface area is 95.2 Å². The highest BCUT2D eigenvalue weighted by Gasteiger charge is 2.23. The zero-order valence-corrected chi connectivity index (χ0v) is 10.5. The van der Waals surface area contributed by atoms with Crippen molar-refractivity contribution in [3.8, 4) is 0 Å². The molecule has 2 unspecified atom stereocenters. The molecular formula is C13H28N2. The van der Waals surface area contributed by atoms with Crippen LogP contribution in [-0.4, -0.2) is 31.1 Å². The fraction of sp³-hybridized carbons (Fsp3) is 1.00. The molecule has 2 nitrogen and oxygen atoms in total. The molecule has 15 heavy (non-hydrogen) atoms. The summed E-state index contributed by atoms with van der Waals surface area (Å²) in [6.07, 6.45) is 9.32. The van der Waals surface area contributed by atoms with Crippen LogP contribution in [0.1, 0.15) is 51.9 Å². The number of unbranched alkanes of at least 4 members (excludes halogenated alkanes) is 2. The summed E-state index contributed by atoms with van der Waals surface area (Å²) >= 11 is 0. The molecule has 0 radical (unpaired) electrons.